The van der Waals surface area contributed by atoms with Crippen LogP contribution < -0.4 is 0 Å². The zero-order chi connectivity index (χ0) is 11.0. The van der Waals surface area contributed by atoms with E-state index in [1.807, 2.05) is 23.8 Å². The van der Waals surface area contributed by atoms with Crippen LogP contribution in [0.1, 0.15) is 21.4 Å². The minimum Gasteiger partial charge on any atom is -0.383 e. The molecule has 2 heterocycles. The van der Waals surface area contributed by atoms with Gasteiger partial charge in [0.2, 0.25) is 0 Å². The van der Waals surface area contributed by atoms with Gasteiger partial charge in [-0.1, -0.05) is 0 Å². The summed E-state index contributed by atoms with van der Waals surface area (Å²) in [6.45, 7) is 2.04. The first-order chi connectivity index (χ1) is 7.09. The summed E-state index contributed by atoms with van der Waals surface area (Å²) >= 11 is 10.1. The molecule has 1 atom stereocenters. The molecule has 0 saturated heterocycles. The van der Waals surface area contributed by atoms with Gasteiger partial charge >= 0.3 is 0 Å². The molecule has 0 aliphatic rings. The zero-order valence-corrected chi connectivity index (χ0v) is 12.6. The molecule has 1 N–H and O–H groups in total. The zero-order valence-electron chi connectivity index (χ0n) is 7.83. The molecule has 0 aromatic carbocycles. The number of aryl methyl sites for hydroxylation is 1. The van der Waals surface area contributed by atoms with E-state index in [1.54, 1.807) is 22.7 Å². The molecule has 0 radical (unpaired) electrons. The van der Waals surface area contributed by atoms with Crippen LogP contribution in [-0.2, 0) is 0 Å². The molecule has 2 aromatic heterocycles. The summed E-state index contributed by atoms with van der Waals surface area (Å²) in [5.74, 6) is 0. The minimum absolute atomic E-state index is 0.527. The van der Waals surface area contributed by atoms with E-state index in [-0.39, 0.29) is 0 Å². The molecule has 0 bridgehead atoms. The van der Waals surface area contributed by atoms with Crippen LogP contribution in [0.15, 0.2) is 25.8 Å². The maximum atomic E-state index is 10.2. The highest BCUT2D eigenvalue weighted by atomic mass is 79.9. The van der Waals surface area contributed by atoms with Gasteiger partial charge in [0.25, 0.3) is 0 Å². The molecular formula is C10H8Br2OS2. The molecule has 15 heavy (non-hydrogen) atoms. The molecule has 2 rings (SSSR count). The van der Waals surface area contributed by atoms with Gasteiger partial charge < -0.3 is 5.11 Å². The number of thiophene rings is 2. The Balaban J connectivity index is 2.36. The highest BCUT2D eigenvalue weighted by Gasteiger charge is 2.17. The smallest absolute Gasteiger partial charge is 0.115 e. The molecule has 0 aliphatic carbocycles. The lowest BCUT2D eigenvalue weighted by molar-refractivity contribution is 0.224. The number of rotatable bonds is 2. The van der Waals surface area contributed by atoms with Crippen molar-refractivity contribution in [3.8, 4) is 0 Å². The Morgan fingerprint density at radius 2 is 2.00 bits per heavy atom. The van der Waals surface area contributed by atoms with Gasteiger partial charge in [0, 0.05) is 29.6 Å². The number of halogens is 2. The number of aliphatic hydroxyl groups is 1. The summed E-state index contributed by atoms with van der Waals surface area (Å²) in [6.07, 6.45) is -0.527. The summed E-state index contributed by atoms with van der Waals surface area (Å²) in [5.41, 5.74) is 0.939. The standard InChI is InChI=1S/C10H8Br2OS2/c1-5-7(11)2-9(15-5)10(13)6-3-14-4-8(6)12/h2-4,10,13H,1H3. The van der Waals surface area contributed by atoms with Crippen LogP contribution >= 0.6 is 54.5 Å². The van der Waals surface area contributed by atoms with Gasteiger partial charge in [-0.15, -0.1) is 11.3 Å². The summed E-state index contributed by atoms with van der Waals surface area (Å²) in [6, 6.07) is 1.98. The van der Waals surface area contributed by atoms with Crippen molar-refractivity contribution in [3.05, 3.63) is 41.1 Å². The van der Waals surface area contributed by atoms with Crippen LogP contribution in [-0.4, -0.2) is 5.11 Å². The second kappa shape index (κ2) is 4.67. The molecule has 0 aliphatic heterocycles. The SMILES string of the molecule is Cc1sc(C(O)c2cscc2Br)cc1Br. The van der Waals surface area contributed by atoms with Crippen LogP contribution in [0, 0.1) is 6.92 Å². The molecule has 0 saturated carbocycles. The van der Waals surface area contributed by atoms with Crippen molar-refractivity contribution >= 4 is 54.5 Å². The maximum Gasteiger partial charge on any atom is 0.115 e. The van der Waals surface area contributed by atoms with E-state index in [0.717, 1.165) is 19.4 Å². The molecule has 1 nitrogen and oxygen atoms in total. The van der Waals surface area contributed by atoms with Gasteiger partial charge in [0.1, 0.15) is 6.10 Å². The fourth-order valence-electron chi connectivity index (χ4n) is 1.26. The third-order valence-corrected chi connectivity index (χ3v) is 6.02. The van der Waals surface area contributed by atoms with Crippen LogP contribution in [0.2, 0.25) is 0 Å². The second-order valence-corrected chi connectivity index (χ2v) is 6.87. The summed E-state index contributed by atoms with van der Waals surface area (Å²) in [5, 5.41) is 14.1. The predicted octanol–water partition coefficient (Wildman–Crippen LogP) is 4.72. The lowest BCUT2D eigenvalue weighted by Gasteiger charge is -2.06. The highest BCUT2D eigenvalue weighted by Crippen LogP contribution is 2.37. The maximum absolute atomic E-state index is 10.2. The van der Waals surface area contributed by atoms with Gasteiger partial charge in [-0.05, 0) is 50.2 Å². The normalized spacial score (nSPS) is 13.1. The van der Waals surface area contributed by atoms with Crippen LogP contribution in [0.25, 0.3) is 0 Å². The van der Waals surface area contributed by atoms with E-state index in [0.29, 0.717) is 0 Å². The first-order valence-electron chi connectivity index (χ1n) is 4.25. The molecular weight excluding hydrogens is 360 g/mol. The Hall–Kier alpha value is 0.320. The van der Waals surface area contributed by atoms with Crippen molar-refractivity contribution in [2.75, 3.05) is 0 Å². The number of hydrogen-bond acceptors (Lipinski definition) is 3. The predicted molar refractivity (Wildman–Crippen MR) is 72.8 cm³/mol. The monoisotopic (exact) mass is 366 g/mol. The van der Waals surface area contributed by atoms with Crippen molar-refractivity contribution < 1.29 is 5.11 Å². The van der Waals surface area contributed by atoms with E-state index in [2.05, 4.69) is 31.9 Å². The van der Waals surface area contributed by atoms with Gasteiger partial charge in [-0.25, -0.2) is 0 Å². The van der Waals surface area contributed by atoms with E-state index in [1.165, 1.54) is 4.88 Å². The first kappa shape index (κ1) is 11.8. The van der Waals surface area contributed by atoms with Gasteiger partial charge in [-0.2, -0.15) is 11.3 Å². The third-order valence-electron chi connectivity index (χ3n) is 2.08. The minimum atomic E-state index is -0.527. The average Bonchev–Trinajstić information content (AvgIpc) is 2.74. The number of aliphatic hydroxyl groups excluding tert-OH is 1. The van der Waals surface area contributed by atoms with E-state index < -0.39 is 6.10 Å². The Morgan fingerprint density at radius 1 is 1.27 bits per heavy atom. The molecule has 0 spiro atoms. The molecule has 1 unspecified atom stereocenters. The van der Waals surface area contributed by atoms with Gasteiger partial charge in [0.15, 0.2) is 0 Å². The molecule has 5 heteroatoms. The van der Waals surface area contributed by atoms with Crippen molar-refractivity contribution in [2.45, 2.75) is 13.0 Å². The van der Waals surface area contributed by atoms with Gasteiger partial charge in [0.05, 0.1) is 0 Å². The van der Waals surface area contributed by atoms with Crippen molar-refractivity contribution in [1.82, 2.24) is 0 Å². The van der Waals surface area contributed by atoms with Crippen molar-refractivity contribution in [2.24, 2.45) is 0 Å². The topological polar surface area (TPSA) is 20.2 Å². The first-order valence-corrected chi connectivity index (χ1v) is 7.59. The van der Waals surface area contributed by atoms with E-state index >= 15 is 0 Å². The third kappa shape index (κ3) is 2.36. The summed E-state index contributed by atoms with van der Waals surface area (Å²) in [4.78, 5) is 2.16. The fourth-order valence-corrected chi connectivity index (χ4v) is 4.35. The van der Waals surface area contributed by atoms with E-state index in [9.17, 15) is 5.11 Å². The summed E-state index contributed by atoms with van der Waals surface area (Å²) in [7, 11) is 0. The lowest BCUT2D eigenvalue weighted by Crippen LogP contribution is -1.95. The Morgan fingerprint density at radius 3 is 2.47 bits per heavy atom. The van der Waals surface area contributed by atoms with Crippen LogP contribution in [0.3, 0.4) is 0 Å². The highest BCUT2D eigenvalue weighted by molar-refractivity contribution is 9.10. The lowest BCUT2D eigenvalue weighted by atomic mass is 10.2. The Labute approximate surface area is 113 Å². The van der Waals surface area contributed by atoms with Crippen LogP contribution in [0.5, 0.6) is 0 Å². The van der Waals surface area contributed by atoms with Crippen molar-refractivity contribution in [1.29, 1.82) is 0 Å². The summed E-state index contributed by atoms with van der Waals surface area (Å²) < 4.78 is 2.04. The van der Waals surface area contributed by atoms with Crippen LogP contribution in [0.4, 0.5) is 0 Å². The quantitative estimate of drug-likeness (QED) is 0.813. The fraction of sp³-hybridized carbons (Fsp3) is 0.200. The molecule has 0 fully saturated rings. The van der Waals surface area contributed by atoms with Crippen molar-refractivity contribution in [3.63, 3.8) is 0 Å². The van der Waals surface area contributed by atoms with Gasteiger partial charge in [-0.3, -0.25) is 0 Å². The molecule has 0 amide bonds. The Bertz CT molecular complexity index is 456. The molecule has 2 aromatic rings. The largest absolute Gasteiger partial charge is 0.383 e. The average molecular weight is 368 g/mol. The molecule has 80 valence electrons. The second-order valence-electron chi connectivity index (χ2n) is 3.13. The number of hydrogen-bond donors (Lipinski definition) is 1. The Kier molecular flexibility index (Phi) is 3.67. The van der Waals surface area contributed by atoms with E-state index in [4.69, 9.17) is 0 Å².